The number of anilines is 1. The summed E-state index contributed by atoms with van der Waals surface area (Å²) in [6, 6.07) is 2.20. The summed E-state index contributed by atoms with van der Waals surface area (Å²) in [7, 11) is 2.17. The van der Waals surface area contributed by atoms with E-state index in [1.54, 1.807) is 12.3 Å². The maximum atomic E-state index is 5.65. The molecule has 1 aliphatic heterocycles. The second kappa shape index (κ2) is 6.25. The normalized spacial score (nSPS) is 21.2. The average Bonchev–Trinajstić information content (AvgIpc) is 2.60. The molecule has 0 amide bonds. The molecule has 0 bridgehead atoms. The molecular weight excluding hydrogens is 258 g/mol. The average molecular weight is 279 g/mol. The summed E-state index contributed by atoms with van der Waals surface area (Å²) in [5.74, 6) is 0.743. The largest absolute Gasteiger partial charge is 0.388 e. The van der Waals surface area contributed by atoms with E-state index in [2.05, 4.69) is 33.7 Å². The number of hydrogen-bond acceptors (Lipinski definition) is 5. The molecule has 0 aromatic carbocycles. The van der Waals surface area contributed by atoms with Crippen LogP contribution < -0.4 is 10.6 Å². The molecule has 104 valence electrons. The van der Waals surface area contributed by atoms with Gasteiger partial charge in [-0.15, -0.1) is 0 Å². The van der Waals surface area contributed by atoms with Crippen LogP contribution in [-0.4, -0.2) is 52.6 Å². The summed E-state index contributed by atoms with van der Waals surface area (Å²) in [6.45, 7) is 5.33. The second-order valence-electron chi connectivity index (χ2n) is 4.98. The van der Waals surface area contributed by atoms with E-state index in [1.807, 2.05) is 0 Å². The van der Waals surface area contributed by atoms with E-state index < -0.39 is 0 Å². The number of nitrogens with zero attached hydrogens (tertiary/aromatic N) is 4. The molecule has 1 atom stereocenters. The topological polar surface area (TPSA) is 58.3 Å². The van der Waals surface area contributed by atoms with E-state index in [0.717, 1.165) is 38.4 Å². The van der Waals surface area contributed by atoms with Crippen molar-refractivity contribution >= 4 is 23.2 Å². The third kappa shape index (κ3) is 3.39. The standard InChI is InChI=1S/C13H21N5S/c1-3-10-9-17(2)7-4-8-18(10)13-15-6-5-11(16-13)12(14)19/h5-6,10H,3-4,7-9H2,1-2H3,(H2,14,19). The predicted octanol–water partition coefficient (Wildman–Crippen LogP) is 1.03. The summed E-state index contributed by atoms with van der Waals surface area (Å²) in [5.41, 5.74) is 6.29. The fraction of sp³-hybridized carbons (Fsp3) is 0.615. The van der Waals surface area contributed by atoms with Gasteiger partial charge >= 0.3 is 0 Å². The van der Waals surface area contributed by atoms with E-state index >= 15 is 0 Å². The Kier molecular flexibility index (Phi) is 4.66. The first-order valence-electron chi connectivity index (χ1n) is 6.70. The Morgan fingerprint density at radius 2 is 2.32 bits per heavy atom. The fourth-order valence-corrected chi connectivity index (χ4v) is 2.59. The minimum Gasteiger partial charge on any atom is -0.388 e. The van der Waals surface area contributed by atoms with Gasteiger partial charge in [-0.05, 0) is 32.5 Å². The Morgan fingerprint density at radius 3 is 3.00 bits per heavy atom. The smallest absolute Gasteiger partial charge is 0.226 e. The predicted molar refractivity (Wildman–Crippen MR) is 81.5 cm³/mol. The van der Waals surface area contributed by atoms with E-state index in [4.69, 9.17) is 18.0 Å². The molecule has 2 heterocycles. The van der Waals surface area contributed by atoms with Crippen molar-refractivity contribution in [2.45, 2.75) is 25.8 Å². The molecule has 1 fully saturated rings. The molecule has 2 N–H and O–H groups in total. The highest BCUT2D eigenvalue weighted by molar-refractivity contribution is 7.80. The second-order valence-corrected chi connectivity index (χ2v) is 5.42. The summed E-state index contributed by atoms with van der Waals surface area (Å²) in [6.07, 6.45) is 3.93. The molecular formula is C13H21N5S. The van der Waals surface area contributed by atoms with Gasteiger partial charge in [0.2, 0.25) is 5.95 Å². The Bertz CT molecular complexity index is 450. The van der Waals surface area contributed by atoms with Gasteiger partial charge in [0.25, 0.3) is 0 Å². The number of rotatable bonds is 3. The van der Waals surface area contributed by atoms with Crippen LogP contribution in [0.5, 0.6) is 0 Å². The molecule has 0 radical (unpaired) electrons. The van der Waals surface area contributed by atoms with Crippen LogP contribution in [0, 0.1) is 0 Å². The lowest BCUT2D eigenvalue weighted by Gasteiger charge is -2.30. The zero-order valence-corrected chi connectivity index (χ0v) is 12.4. The zero-order chi connectivity index (χ0) is 13.8. The Labute approximate surface area is 119 Å². The number of nitrogens with two attached hydrogens (primary N) is 1. The molecule has 1 aliphatic rings. The first-order valence-corrected chi connectivity index (χ1v) is 7.10. The number of hydrogen-bond donors (Lipinski definition) is 1. The van der Waals surface area contributed by atoms with E-state index in [1.165, 1.54) is 0 Å². The molecule has 0 spiro atoms. The molecule has 1 aromatic heterocycles. The lowest BCUT2D eigenvalue weighted by Crippen LogP contribution is -2.41. The Morgan fingerprint density at radius 1 is 1.53 bits per heavy atom. The van der Waals surface area contributed by atoms with Crippen molar-refractivity contribution in [2.24, 2.45) is 5.73 Å². The van der Waals surface area contributed by atoms with Crippen LogP contribution in [0.1, 0.15) is 25.5 Å². The lowest BCUT2D eigenvalue weighted by atomic mass is 10.2. The van der Waals surface area contributed by atoms with E-state index in [-0.39, 0.29) is 0 Å². The Balaban J connectivity index is 2.27. The molecule has 2 rings (SSSR count). The van der Waals surface area contributed by atoms with Crippen molar-refractivity contribution < 1.29 is 0 Å². The third-order valence-electron chi connectivity index (χ3n) is 3.53. The highest BCUT2D eigenvalue weighted by Crippen LogP contribution is 2.18. The minimum atomic E-state index is 0.323. The van der Waals surface area contributed by atoms with Gasteiger partial charge in [-0.25, -0.2) is 9.97 Å². The van der Waals surface area contributed by atoms with Crippen LogP contribution in [0.15, 0.2) is 12.3 Å². The van der Waals surface area contributed by atoms with Crippen LogP contribution >= 0.6 is 12.2 Å². The van der Waals surface area contributed by atoms with Crippen LogP contribution in [-0.2, 0) is 0 Å². The number of thiocarbonyl (C=S) groups is 1. The summed E-state index contributed by atoms with van der Waals surface area (Å²) in [4.78, 5) is 13.9. The molecule has 5 nitrogen and oxygen atoms in total. The van der Waals surface area contributed by atoms with Crippen molar-refractivity contribution in [1.29, 1.82) is 0 Å². The summed E-state index contributed by atoms with van der Waals surface area (Å²) in [5, 5.41) is 0. The number of aromatic nitrogens is 2. The van der Waals surface area contributed by atoms with Gasteiger partial charge in [-0.1, -0.05) is 19.1 Å². The van der Waals surface area contributed by atoms with Crippen molar-refractivity contribution in [2.75, 3.05) is 31.6 Å². The quantitative estimate of drug-likeness (QED) is 0.834. The first-order chi connectivity index (χ1) is 9.11. The highest BCUT2D eigenvalue weighted by atomic mass is 32.1. The molecule has 19 heavy (non-hydrogen) atoms. The maximum absolute atomic E-state index is 5.65. The van der Waals surface area contributed by atoms with Gasteiger partial charge in [-0.2, -0.15) is 0 Å². The van der Waals surface area contributed by atoms with E-state index in [9.17, 15) is 0 Å². The minimum absolute atomic E-state index is 0.323. The summed E-state index contributed by atoms with van der Waals surface area (Å²) >= 11 is 4.99. The van der Waals surface area contributed by atoms with E-state index in [0.29, 0.717) is 16.7 Å². The zero-order valence-electron chi connectivity index (χ0n) is 11.5. The van der Waals surface area contributed by atoms with Gasteiger partial charge in [0.15, 0.2) is 0 Å². The molecule has 1 saturated heterocycles. The molecule has 1 aromatic rings. The molecule has 1 unspecified atom stereocenters. The fourth-order valence-electron chi connectivity index (χ4n) is 2.48. The lowest BCUT2D eigenvalue weighted by molar-refractivity contribution is 0.327. The van der Waals surface area contributed by atoms with Crippen LogP contribution in [0.2, 0.25) is 0 Å². The van der Waals surface area contributed by atoms with Crippen molar-refractivity contribution in [3.8, 4) is 0 Å². The maximum Gasteiger partial charge on any atom is 0.226 e. The van der Waals surface area contributed by atoms with Gasteiger partial charge in [0.1, 0.15) is 10.7 Å². The van der Waals surface area contributed by atoms with Crippen molar-refractivity contribution in [1.82, 2.24) is 14.9 Å². The SMILES string of the molecule is CCC1CN(C)CCCN1c1nccc(C(N)=S)n1. The monoisotopic (exact) mass is 279 g/mol. The van der Waals surface area contributed by atoms with Gasteiger partial charge in [0, 0.05) is 25.3 Å². The van der Waals surface area contributed by atoms with Crippen LogP contribution in [0.3, 0.4) is 0 Å². The van der Waals surface area contributed by atoms with Crippen molar-refractivity contribution in [3.63, 3.8) is 0 Å². The first kappa shape index (κ1) is 14.1. The molecule has 0 saturated carbocycles. The van der Waals surface area contributed by atoms with Crippen LogP contribution in [0.4, 0.5) is 5.95 Å². The number of likely N-dealkylation sites (N-methyl/N-ethyl adjacent to an activating group) is 1. The van der Waals surface area contributed by atoms with Crippen molar-refractivity contribution in [3.05, 3.63) is 18.0 Å². The Hall–Kier alpha value is -1.27. The van der Waals surface area contributed by atoms with Gasteiger partial charge < -0.3 is 15.5 Å². The third-order valence-corrected chi connectivity index (χ3v) is 3.73. The van der Waals surface area contributed by atoms with Gasteiger partial charge in [-0.3, -0.25) is 0 Å². The molecule has 6 heteroatoms. The van der Waals surface area contributed by atoms with Gasteiger partial charge in [0.05, 0.1) is 0 Å². The molecule has 0 aliphatic carbocycles. The van der Waals surface area contributed by atoms with Crippen LogP contribution in [0.25, 0.3) is 0 Å². The summed E-state index contributed by atoms with van der Waals surface area (Å²) < 4.78 is 0. The highest BCUT2D eigenvalue weighted by Gasteiger charge is 2.24.